The van der Waals surface area contributed by atoms with E-state index in [-0.39, 0.29) is 17.9 Å². The topological polar surface area (TPSA) is 74.8 Å². The van der Waals surface area contributed by atoms with E-state index in [9.17, 15) is 21.6 Å². The highest BCUT2D eigenvalue weighted by atomic mass is 32.2. The number of aromatic amines is 1. The van der Waals surface area contributed by atoms with Crippen molar-refractivity contribution in [2.24, 2.45) is 5.92 Å². The Hall–Kier alpha value is -1.09. The van der Waals surface area contributed by atoms with Crippen molar-refractivity contribution in [3.8, 4) is 0 Å². The first kappa shape index (κ1) is 14.3. The van der Waals surface area contributed by atoms with Gasteiger partial charge >= 0.3 is 6.18 Å². The van der Waals surface area contributed by atoms with E-state index in [0.717, 1.165) is 0 Å². The highest BCUT2D eigenvalue weighted by molar-refractivity contribution is 7.89. The van der Waals surface area contributed by atoms with E-state index in [2.05, 4.69) is 14.9 Å². The van der Waals surface area contributed by atoms with Crippen LogP contribution in [0.25, 0.3) is 0 Å². The summed E-state index contributed by atoms with van der Waals surface area (Å²) < 4.78 is 63.9. The normalized spacial score (nSPS) is 25.4. The Balaban J connectivity index is 2.04. The van der Waals surface area contributed by atoms with Crippen LogP contribution in [-0.2, 0) is 10.0 Å². The SMILES string of the molecule is O=S(=O)(NC1CCCC(C(F)(F)F)C1)c1ccn[nH]1. The van der Waals surface area contributed by atoms with Crippen LogP contribution in [0, 0.1) is 5.92 Å². The summed E-state index contributed by atoms with van der Waals surface area (Å²) in [5, 5.41) is 5.66. The number of rotatable bonds is 3. The maximum atomic E-state index is 12.6. The number of nitrogens with zero attached hydrogens (tertiary/aromatic N) is 1. The number of sulfonamides is 1. The van der Waals surface area contributed by atoms with Crippen LogP contribution in [0.2, 0.25) is 0 Å². The van der Waals surface area contributed by atoms with Gasteiger partial charge in [0.15, 0.2) is 5.03 Å². The summed E-state index contributed by atoms with van der Waals surface area (Å²) in [6.45, 7) is 0. The molecule has 1 aliphatic rings. The van der Waals surface area contributed by atoms with Crippen LogP contribution in [0.5, 0.6) is 0 Å². The Morgan fingerprint density at radius 3 is 2.68 bits per heavy atom. The summed E-state index contributed by atoms with van der Waals surface area (Å²) in [6, 6.07) is 0.570. The van der Waals surface area contributed by atoms with Gasteiger partial charge in [0.2, 0.25) is 0 Å². The second-order valence-corrected chi connectivity index (χ2v) is 6.33. The molecule has 0 spiro atoms. The second-order valence-electron chi connectivity index (χ2n) is 4.64. The Morgan fingerprint density at radius 1 is 1.37 bits per heavy atom. The lowest BCUT2D eigenvalue weighted by atomic mass is 9.86. The van der Waals surface area contributed by atoms with Crippen molar-refractivity contribution < 1.29 is 21.6 Å². The molecular formula is C10H14F3N3O2S. The van der Waals surface area contributed by atoms with Gasteiger partial charge in [-0.15, -0.1) is 0 Å². The number of aromatic nitrogens is 2. The van der Waals surface area contributed by atoms with Crippen LogP contribution in [0.1, 0.15) is 25.7 Å². The van der Waals surface area contributed by atoms with E-state index in [4.69, 9.17) is 0 Å². The van der Waals surface area contributed by atoms with E-state index in [1.54, 1.807) is 0 Å². The minimum absolute atomic E-state index is 0.0613. The van der Waals surface area contributed by atoms with E-state index in [1.807, 2.05) is 0 Å². The molecular weight excluding hydrogens is 283 g/mol. The Labute approximate surface area is 108 Å². The van der Waals surface area contributed by atoms with Crippen LogP contribution >= 0.6 is 0 Å². The number of H-pyrrole nitrogens is 1. The second kappa shape index (κ2) is 5.12. The standard InChI is InChI=1S/C10H14F3N3O2S/c11-10(12,13)7-2-1-3-8(6-7)16-19(17,18)9-4-5-14-15-9/h4-5,7-8,16H,1-3,6H2,(H,14,15). The van der Waals surface area contributed by atoms with Crippen LogP contribution < -0.4 is 4.72 Å². The van der Waals surface area contributed by atoms with Gasteiger partial charge in [0, 0.05) is 6.04 Å². The maximum Gasteiger partial charge on any atom is 0.391 e. The molecule has 5 nitrogen and oxygen atoms in total. The molecule has 2 rings (SSSR count). The molecule has 2 unspecified atom stereocenters. The van der Waals surface area contributed by atoms with Crippen LogP contribution in [0.15, 0.2) is 17.3 Å². The molecule has 0 aromatic carbocycles. The molecule has 108 valence electrons. The quantitative estimate of drug-likeness (QED) is 0.893. The first-order chi connectivity index (χ1) is 8.79. The molecule has 1 fully saturated rings. The third-order valence-corrected chi connectivity index (χ3v) is 4.67. The van der Waals surface area contributed by atoms with Gasteiger partial charge in [0.1, 0.15) is 0 Å². The van der Waals surface area contributed by atoms with Crippen LogP contribution in [0.3, 0.4) is 0 Å². The van der Waals surface area contributed by atoms with Gasteiger partial charge in [-0.3, -0.25) is 5.10 Å². The summed E-state index contributed by atoms with van der Waals surface area (Å²) in [5.74, 6) is -1.43. The average molecular weight is 297 g/mol. The van der Waals surface area contributed by atoms with Crippen LogP contribution in [-0.4, -0.2) is 30.8 Å². The fourth-order valence-corrected chi connectivity index (χ4v) is 3.46. The van der Waals surface area contributed by atoms with Crippen molar-refractivity contribution in [3.63, 3.8) is 0 Å². The van der Waals surface area contributed by atoms with Crippen LogP contribution in [0.4, 0.5) is 13.2 Å². The minimum Gasteiger partial charge on any atom is -0.266 e. The molecule has 0 saturated heterocycles. The van der Waals surface area contributed by atoms with E-state index in [0.29, 0.717) is 12.8 Å². The third kappa shape index (κ3) is 3.47. The summed E-state index contributed by atoms with van der Waals surface area (Å²) in [7, 11) is -3.82. The van der Waals surface area contributed by atoms with Crippen molar-refractivity contribution in [1.29, 1.82) is 0 Å². The van der Waals surface area contributed by atoms with Gasteiger partial charge in [0.05, 0.1) is 12.1 Å². The molecule has 0 bridgehead atoms. The fourth-order valence-electron chi connectivity index (χ4n) is 2.27. The molecule has 9 heteroatoms. The minimum atomic E-state index is -4.27. The molecule has 1 aromatic rings. The summed E-state index contributed by atoms with van der Waals surface area (Å²) in [5.41, 5.74) is 0. The van der Waals surface area contributed by atoms with Crippen molar-refractivity contribution in [1.82, 2.24) is 14.9 Å². The molecule has 0 amide bonds. The molecule has 0 radical (unpaired) electrons. The number of hydrogen-bond acceptors (Lipinski definition) is 3. The van der Waals surface area contributed by atoms with E-state index >= 15 is 0 Å². The average Bonchev–Trinajstić information content (AvgIpc) is 2.81. The first-order valence-electron chi connectivity index (χ1n) is 5.87. The van der Waals surface area contributed by atoms with Crippen molar-refractivity contribution in [2.45, 2.75) is 42.9 Å². The Kier molecular flexibility index (Phi) is 3.86. The molecule has 2 N–H and O–H groups in total. The number of halogens is 3. The molecule has 1 saturated carbocycles. The van der Waals surface area contributed by atoms with Gasteiger partial charge in [-0.1, -0.05) is 6.42 Å². The Bertz CT molecular complexity index is 513. The van der Waals surface area contributed by atoms with Crippen molar-refractivity contribution in [2.75, 3.05) is 0 Å². The van der Waals surface area contributed by atoms with Gasteiger partial charge in [0.25, 0.3) is 10.0 Å². The zero-order chi connectivity index (χ0) is 14.1. The molecule has 19 heavy (non-hydrogen) atoms. The highest BCUT2D eigenvalue weighted by Gasteiger charge is 2.42. The van der Waals surface area contributed by atoms with Gasteiger partial charge < -0.3 is 0 Å². The van der Waals surface area contributed by atoms with Gasteiger partial charge in [-0.25, -0.2) is 13.1 Å². The highest BCUT2D eigenvalue weighted by Crippen LogP contribution is 2.37. The van der Waals surface area contributed by atoms with Gasteiger partial charge in [-0.05, 0) is 25.3 Å². The molecule has 0 aliphatic heterocycles. The van der Waals surface area contributed by atoms with Gasteiger partial charge in [-0.2, -0.15) is 18.3 Å². The number of hydrogen-bond donors (Lipinski definition) is 2. The first-order valence-corrected chi connectivity index (χ1v) is 7.36. The molecule has 1 heterocycles. The lowest BCUT2D eigenvalue weighted by molar-refractivity contribution is -0.183. The predicted octanol–water partition coefficient (Wildman–Crippen LogP) is 1.81. The number of alkyl halides is 3. The van der Waals surface area contributed by atoms with Crippen molar-refractivity contribution in [3.05, 3.63) is 12.3 Å². The van der Waals surface area contributed by atoms with E-state index in [1.165, 1.54) is 12.3 Å². The van der Waals surface area contributed by atoms with E-state index < -0.39 is 28.2 Å². The molecule has 1 aliphatic carbocycles. The lowest BCUT2D eigenvalue weighted by Crippen LogP contribution is -2.41. The third-order valence-electron chi connectivity index (χ3n) is 3.22. The lowest BCUT2D eigenvalue weighted by Gasteiger charge is -2.30. The van der Waals surface area contributed by atoms with Crippen molar-refractivity contribution >= 4 is 10.0 Å². The maximum absolute atomic E-state index is 12.6. The zero-order valence-electron chi connectivity index (χ0n) is 9.94. The largest absolute Gasteiger partial charge is 0.391 e. The summed E-state index contributed by atoms with van der Waals surface area (Å²) in [6.07, 6.45) is -2.37. The smallest absolute Gasteiger partial charge is 0.266 e. The molecule has 1 aromatic heterocycles. The summed E-state index contributed by atoms with van der Waals surface area (Å²) in [4.78, 5) is 0. The monoisotopic (exact) mass is 297 g/mol. The summed E-state index contributed by atoms with van der Waals surface area (Å²) >= 11 is 0. The predicted molar refractivity (Wildman–Crippen MR) is 60.7 cm³/mol. The Morgan fingerprint density at radius 2 is 2.11 bits per heavy atom. The fraction of sp³-hybridized carbons (Fsp3) is 0.700. The molecule has 2 atom stereocenters. The number of nitrogens with one attached hydrogen (secondary N) is 2. The zero-order valence-corrected chi connectivity index (χ0v) is 10.8.